The van der Waals surface area contributed by atoms with Gasteiger partial charge in [-0.25, -0.2) is 4.79 Å². The number of hydrogen-bond acceptors (Lipinski definition) is 3. The number of carbonyl (C=O) groups is 2. The van der Waals surface area contributed by atoms with Crippen LogP contribution in [0.2, 0.25) is 0 Å². The Morgan fingerprint density at radius 2 is 1.61 bits per heavy atom. The van der Waals surface area contributed by atoms with E-state index in [0.717, 1.165) is 22.9 Å². The van der Waals surface area contributed by atoms with Crippen molar-refractivity contribution in [3.05, 3.63) is 69.6 Å². The molecule has 0 aliphatic rings. The molecule has 2 rings (SSSR count). The summed E-state index contributed by atoms with van der Waals surface area (Å²) in [5, 5.41) is 4.77. The summed E-state index contributed by atoms with van der Waals surface area (Å²) < 4.78 is 39.3. The van der Waals surface area contributed by atoms with Crippen LogP contribution in [0.25, 0.3) is 0 Å². The third kappa shape index (κ3) is 5.97. The number of halogens is 3. The van der Waals surface area contributed by atoms with Gasteiger partial charge in [-0.2, -0.15) is 13.2 Å². The fraction of sp³-hybridized carbons (Fsp3) is 0.316. The molecule has 1 aromatic heterocycles. The first-order valence-electron chi connectivity index (χ1n) is 8.35. The van der Waals surface area contributed by atoms with Gasteiger partial charge in [0.15, 0.2) is 0 Å². The molecule has 0 aliphatic heterocycles. The molecule has 0 aliphatic carbocycles. The summed E-state index contributed by atoms with van der Waals surface area (Å²) in [6.45, 7) is 5.21. The van der Waals surface area contributed by atoms with Crippen LogP contribution >= 0.6 is 0 Å². The van der Waals surface area contributed by atoms with Crippen molar-refractivity contribution in [3.63, 3.8) is 0 Å². The van der Waals surface area contributed by atoms with E-state index in [1.807, 2.05) is 0 Å². The molecule has 0 bridgehead atoms. The lowest BCUT2D eigenvalue weighted by Gasteiger charge is -2.20. The molecule has 0 fully saturated rings. The number of nitrogens with one attached hydrogen (secondary N) is 2. The normalized spacial score (nSPS) is 11.8. The van der Waals surface area contributed by atoms with Gasteiger partial charge in [0.25, 0.3) is 11.5 Å². The fourth-order valence-corrected chi connectivity index (χ4v) is 2.33. The second-order valence-electron chi connectivity index (χ2n) is 7.24. The lowest BCUT2D eigenvalue weighted by molar-refractivity contribution is -0.138. The first-order chi connectivity index (χ1) is 12.8. The van der Waals surface area contributed by atoms with Crippen LogP contribution in [0.4, 0.5) is 18.0 Å². The van der Waals surface area contributed by atoms with E-state index in [1.165, 1.54) is 24.3 Å². The summed E-state index contributed by atoms with van der Waals surface area (Å²) >= 11 is 0. The van der Waals surface area contributed by atoms with Gasteiger partial charge in [-0.3, -0.25) is 14.9 Å². The molecule has 0 saturated heterocycles. The van der Waals surface area contributed by atoms with Crippen molar-refractivity contribution >= 4 is 11.9 Å². The van der Waals surface area contributed by atoms with Gasteiger partial charge in [0.2, 0.25) is 0 Å². The number of pyridine rings is 1. The maximum absolute atomic E-state index is 12.8. The highest BCUT2D eigenvalue weighted by molar-refractivity contribution is 6.04. The number of urea groups is 1. The molecule has 1 aromatic carbocycles. The Kier molecular flexibility index (Phi) is 5.96. The van der Waals surface area contributed by atoms with Crippen molar-refractivity contribution in [1.29, 1.82) is 0 Å². The molecule has 1 heterocycles. The summed E-state index contributed by atoms with van der Waals surface area (Å²) in [6.07, 6.45) is -3.80. The van der Waals surface area contributed by atoms with Crippen LogP contribution in [0.5, 0.6) is 0 Å². The zero-order chi connectivity index (χ0) is 21.1. The first-order valence-corrected chi connectivity index (χ1v) is 8.35. The predicted octanol–water partition coefficient (Wildman–Crippen LogP) is 3.15. The number of alkyl halides is 3. The molecule has 2 N–H and O–H groups in total. The van der Waals surface area contributed by atoms with Gasteiger partial charge in [-0.15, -0.1) is 0 Å². The number of aromatic nitrogens is 1. The topological polar surface area (TPSA) is 80.2 Å². The molecule has 0 saturated carbocycles. The van der Waals surface area contributed by atoms with Crippen molar-refractivity contribution in [2.24, 2.45) is 0 Å². The van der Waals surface area contributed by atoms with E-state index in [2.05, 4.69) is 10.6 Å². The smallest absolute Gasteiger partial charge is 0.333 e. The highest BCUT2D eigenvalue weighted by Gasteiger charge is 2.31. The Morgan fingerprint density at radius 3 is 2.14 bits per heavy atom. The van der Waals surface area contributed by atoms with E-state index < -0.39 is 34.8 Å². The molecule has 6 nitrogen and oxygen atoms in total. The number of carbonyl (C=O) groups excluding carboxylic acids is 2. The summed E-state index contributed by atoms with van der Waals surface area (Å²) in [5.41, 5.74) is -1.28. The number of benzene rings is 1. The molecule has 9 heteroatoms. The zero-order valence-electron chi connectivity index (χ0n) is 15.6. The van der Waals surface area contributed by atoms with Crippen molar-refractivity contribution in [2.75, 3.05) is 0 Å². The van der Waals surface area contributed by atoms with Gasteiger partial charge in [0, 0.05) is 23.4 Å². The fourth-order valence-electron chi connectivity index (χ4n) is 2.33. The van der Waals surface area contributed by atoms with Crippen molar-refractivity contribution in [3.8, 4) is 0 Å². The lowest BCUT2D eigenvalue weighted by Crippen LogP contribution is -2.48. The maximum atomic E-state index is 12.8. The van der Waals surface area contributed by atoms with Gasteiger partial charge in [-0.05, 0) is 44.5 Å². The highest BCUT2D eigenvalue weighted by atomic mass is 19.4. The maximum Gasteiger partial charge on any atom is 0.417 e. The first kappa shape index (κ1) is 21.2. The number of nitrogens with zero attached hydrogens (tertiary/aromatic N) is 1. The van der Waals surface area contributed by atoms with Crippen LogP contribution in [0.15, 0.2) is 47.4 Å². The van der Waals surface area contributed by atoms with E-state index in [0.29, 0.717) is 5.56 Å². The number of amides is 3. The molecule has 28 heavy (non-hydrogen) atoms. The predicted molar refractivity (Wildman–Crippen MR) is 97.0 cm³/mol. The van der Waals surface area contributed by atoms with Gasteiger partial charge in [0.05, 0.1) is 12.1 Å². The average molecular weight is 395 g/mol. The number of rotatable bonds is 3. The summed E-state index contributed by atoms with van der Waals surface area (Å²) in [5.74, 6) is -0.621. The van der Waals surface area contributed by atoms with Crippen molar-refractivity contribution in [2.45, 2.75) is 39.0 Å². The molecule has 0 unspecified atom stereocenters. The van der Waals surface area contributed by atoms with Crippen LogP contribution < -0.4 is 16.2 Å². The molecule has 0 spiro atoms. The van der Waals surface area contributed by atoms with E-state index >= 15 is 0 Å². The molecule has 0 atom stereocenters. The Hall–Kier alpha value is -3.10. The summed E-state index contributed by atoms with van der Waals surface area (Å²) in [7, 11) is 0. The van der Waals surface area contributed by atoms with Crippen molar-refractivity contribution < 1.29 is 22.8 Å². The van der Waals surface area contributed by atoms with Crippen LogP contribution in [-0.4, -0.2) is 22.0 Å². The van der Waals surface area contributed by atoms with Crippen LogP contribution in [0, 0.1) is 0 Å². The van der Waals surface area contributed by atoms with Crippen molar-refractivity contribution in [1.82, 2.24) is 15.2 Å². The third-order valence-corrected chi connectivity index (χ3v) is 3.60. The van der Waals surface area contributed by atoms with E-state index in [9.17, 15) is 27.6 Å². The monoisotopic (exact) mass is 395 g/mol. The number of imide groups is 1. The Balaban J connectivity index is 2.10. The molecule has 3 amide bonds. The zero-order valence-corrected chi connectivity index (χ0v) is 15.6. The van der Waals surface area contributed by atoms with Gasteiger partial charge >= 0.3 is 12.2 Å². The SMILES string of the molecule is CC(C)(C)NC(=O)NC(=O)c1ccc(Cn2cc(C(F)(F)F)ccc2=O)cc1. The highest BCUT2D eigenvalue weighted by Crippen LogP contribution is 2.28. The quantitative estimate of drug-likeness (QED) is 0.838. The molecular weight excluding hydrogens is 375 g/mol. The molecule has 2 aromatic rings. The molecular formula is C19H20F3N3O3. The van der Waals surface area contributed by atoms with Gasteiger partial charge < -0.3 is 9.88 Å². The minimum atomic E-state index is -4.55. The second kappa shape index (κ2) is 7.87. The minimum absolute atomic E-state index is 0.0881. The Labute approximate surface area is 159 Å². The minimum Gasteiger partial charge on any atom is -0.333 e. The van der Waals surface area contributed by atoms with Gasteiger partial charge in [0.1, 0.15) is 0 Å². The lowest BCUT2D eigenvalue weighted by atomic mass is 10.1. The Morgan fingerprint density at radius 1 is 1.00 bits per heavy atom. The largest absolute Gasteiger partial charge is 0.417 e. The molecule has 150 valence electrons. The standard InChI is InChI=1S/C19H20F3N3O3/c1-18(2,3)24-17(28)23-16(27)13-6-4-12(5-7-13)10-25-11-14(19(20,21)22)8-9-15(25)26/h4-9,11H,10H2,1-3H3,(H2,23,24,27,28). The second-order valence-corrected chi connectivity index (χ2v) is 7.24. The summed E-state index contributed by atoms with van der Waals surface area (Å²) in [6, 6.07) is 6.80. The van der Waals surface area contributed by atoms with Crippen LogP contribution in [0.1, 0.15) is 42.3 Å². The van der Waals surface area contributed by atoms with E-state index in [-0.39, 0.29) is 12.1 Å². The molecule has 0 radical (unpaired) electrons. The van der Waals surface area contributed by atoms with E-state index in [4.69, 9.17) is 0 Å². The third-order valence-electron chi connectivity index (χ3n) is 3.60. The van der Waals surface area contributed by atoms with E-state index in [1.54, 1.807) is 20.8 Å². The Bertz CT molecular complexity index is 926. The summed E-state index contributed by atoms with van der Waals surface area (Å²) in [4.78, 5) is 35.6. The van der Waals surface area contributed by atoms with Crippen LogP contribution in [-0.2, 0) is 12.7 Å². The number of hydrogen-bond donors (Lipinski definition) is 2. The van der Waals surface area contributed by atoms with Gasteiger partial charge in [-0.1, -0.05) is 12.1 Å². The van der Waals surface area contributed by atoms with Crippen LogP contribution in [0.3, 0.4) is 0 Å². The average Bonchev–Trinajstić information content (AvgIpc) is 2.54.